The van der Waals surface area contributed by atoms with E-state index in [-0.39, 0.29) is 0 Å². The number of hydrogen-bond acceptors (Lipinski definition) is 7. The smallest absolute Gasteiger partial charge is 0.328 e. The number of fused-ring (bicyclic) bond motifs is 1. The fourth-order valence-electron chi connectivity index (χ4n) is 3.06. The molecule has 4 N–H and O–H groups in total. The van der Waals surface area contributed by atoms with Crippen molar-refractivity contribution in [3.63, 3.8) is 0 Å². The van der Waals surface area contributed by atoms with Crippen LogP contribution in [-0.4, -0.2) is 44.2 Å². The van der Waals surface area contributed by atoms with Crippen LogP contribution >= 0.6 is 11.3 Å². The Hall–Kier alpha value is -3.04. The lowest BCUT2D eigenvalue weighted by Gasteiger charge is -2.17. The Balaban J connectivity index is 1.72. The lowest BCUT2D eigenvalue weighted by atomic mass is 10.1. The van der Waals surface area contributed by atoms with Crippen molar-refractivity contribution in [3.05, 3.63) is 51.7 Å². The van der Waals surface area contributed by atoms with Gasteiger partial charge < -0.3 is 20.8 Å². The molecule has 0 radical (unpaired) electrons. The van der Waals surface area contributed by atoms with Crippen LogP contribution in [0.5, 0.6) is 0 Å². The van der Waals surface area contributed by atoms with Gasteiger partial charge in [0, 0.05) is 17.0 Å². The maximum Gasteiger partial charge on any atom is 0.328 e. The first-order valence-electron chi connectivity index (χ1n) is 9.46. The largest absolute Gasteiger partial charge is 0.480 e. The summed E-state index contributed by atoms with van der Waals surface area (Å²) < 4.78 is 0. The molecule has 0 aliphatic rings. The third-order valence-electron chi connectivity index (χ3n) is 4.85. The van der Waals surface area contributed by atoms with Gasteiger partial charge in [-0.15, -0.1) is 11.3 Å². The number of anilines is 1. The Morgan fingerprint density at radius 3 is 2.40 bits per heavy atom. The molecule has 1 aromatic carbocycles. The second kappa shape index (κ2) is 8.76. The van der Waals surface area contributed by atoms with E-state index in [1.165, 1.54) is 11.8 Å². The predicted octanol–water partition coefficient (Wildman–Crippen LogP) is 2.79. The topological polar surface area (TPSA) is 124 Å². The van der Waals surface area contributed by atoms with Crippen LogP contribution in [-0.2, 0) is 11.3 Å². The average Bonchev–Trinajstić information content (AvgIpc) is 2.97. The molecule has 30 heavy (non-hydrogen) atoms. The number of aliphatic carboxylic acids is 1. The number of nitrogens with one attached hydrogen (secondary N) is 2. The molecule has 0 saturated heterocycles. The van der Waals surface area contributed by atoms with Crippen LogP contribution in [0.1, 0.15) is 39.1 Å². The molecule has 2 atom stereocenters. The monoisotopic (exact) mass is 428 g/mol. The lowest BCUT2D eigenvalue weighted by Crippen LogP contribution is -2.47. The fourth-order valence-corrected chi connectivity index (χ4v) is 4.13. The van der Waals surface area contributed by atoms with Crippen molar-refractivity contribution >= 4 is 39.2 Å². The van der Waals surface area contributed by atoms with Gasteiger partial charge in [0.2, 0.25) is 0 Å². The van der Waals surface area contributed by atoms with E-state index < -0.39 is 24.0 Å². The molecule has 0 bridgehead atoms. The molecule has 0 aliphatic heterocycles. The van der Waals surface area contributed by atoms with Gasteiger partial charge in [0.15, 0.2) is 6.04 Å². The van der Waals surface area contributed by atoms with Crippen molar-refractivity contribution in [3.8, 4) is 0 Å². The average molecular weight is 429 g/mol. The summed E-state index contributed by atoms with van der Waals surface area (Å²) in [5, 5.41) is 25.3. The van der Waals surface area contributed by atoms with Gasteiger partial charge in [-0.3, -0.25) is 4.79 Å². The summed E-state index contributed by atoms with van der Waals surface area (Å²) in [4.78, 5) is 34.6. The van der Waals surface area contributed by atoms with Gasteiger partial charge >= 0.3 is 5.97 Å². The van der Waals surface area contributed by atoms with Crippen molar-refractivity contribution in [2.24, 2.45) is 0 Å². The van der Waals surface area contributed by atoms with E-state index in [2.05, 4.69) is 34.4 Å². The number of aryl methyl sites for hydroxylation is 3. The van der Waals surface area contributed by atoms with Gasteiger partial charge in [0.05, 0.1) is 11.5 Å². The SMILES string of the molecule is Cc1nc(NCc2ccc(C(=O)NC(C(=O)O)C(C)O)cc2)c2c(C)c(C)sc2n1. The van der Waals surface area contributed by atoms with Gasteiger partial charge in [0.1, 0.15) is 16.5 Å². The van der Waals surface area contributed by atoms with Crippen molar-refractivity contribution in [2.75, 3.05) is 5.32 Å². The summed E-state index contributed by atoms with van der Waals surface area (Å²) in [6.07, 6.45) is -1.20. The Kier molecular flexibility index (Phi) is 6.33. The number of aliphatic hydroxyl groups excluding tert-OH is 1. The Morgan fingerprint density at radius 2 is 1.80 bits per heavy atom. The molecule has 1 amide bonds. The molecule has 9 heteroatoms. The molecular formula is C21H24N4O4S. The number of aromatic nitrogens is 2. The second-order valence-corrected chi connectivity index (χ2v) is 8.37. The van der Waals surface area contributed by atoms with E-state index in [0.717, 1.165) is 27.2 Å². The van der Waals surface area contributed by atoms with Crippen LogP contribution in [0.25, 0.3) is 10.2 Å². The first-order valence-corrected chi connectivity index (χ1v) is 10.3. The molecule has 2 unspecified atom stereocenters. The van der Waals surface area contributed by atoms with E-state index in [4.69, 9.17) is 5.11 Å². The number of thiophene rings is 1. The molecule has 2 aromatic heterocycles. The number of carbonyl (C=O) groups excluding carboxylic acids is 1. The normalized spacial score (nSPS) is 13.1. The number of carbonyl (C=O) groups is 2. The Bertz CT molecular complexity index is 1090. The van der Waals surface area contributed by atoms with E-state index in [1.54, 1.807) is 35.6 Å². The van der Waals surface area contributed by atoms with Gasteiger partial charge in [0.25, 0.3) is 5.91 Å². The number of nitrogens with zero attached hydrogens (tertiary/aromatic N) is 2. The van der Waals surface area contributed by atoms with E-state index in [0.29, 0.717) is 17.9 Å². The number of carboxylic acids is 1. The molecular weight excluding hydrogens is 404 g/mol. The summed E-state index contributed by atoms with van der Waals surface area (Å²) in [5.41, 5.74) is 2.41. The third-order valence-corrected chi connectivity index (χ3v) is 5.95. The predicted molar refractivity (Wildman–Crippen MR) is 116 cm³/mol. The molecule has 2 heterocycles. The van der Waals surface area contributed by atoms with Crippen LogP contribution in [0.4, 0.5) is 5.82 Å². The minimum Gasteiger partial charge on any atom is -0.480 e. The standard InChI is InChI=1S/C21H24N4O4S/c1-10-12(3)30-20-16(10)18(23-13(4)24-20)22-9-14-5-7-15(8-6-14)19(27)25-17(11(2)26)21(28)29/h5-8,11,17,26H,9H2,1-4H3,(H,25,27)(H,28,29)(H,22,23,24). The van der Waals surface area contributed by atoms with E-state index in [9.17, 15) is 14.7 Å². The highest BCUT2D eigenvalue weighted by atomic mass is 32.1. The maximum absolute atomic E-state index is 12.3. The minimum atomic E-state index is -1.36. The lowest BCUT2D eigenvalue weighted by molar-refractivity contribution is -0.141. The van der Waals surface area contributed by atoms with Crippen LogP contribution < -0.4 is 10.6 Å². The van der Waals surface area contributed by atoms with Crippen LogP contribution in [0, 0.1) is 20.8 Å². The van der Waals surface area contributed by atoms with Crippen molar-refractivity contribution < 1.29 is 19.8 Å². The molecule has 3 aromatic rings. The summed E-state index contributed by atoms with van der Waals surface area (Å²) in [5.74, 6) is -0.364. The molecule has 0 fully saturated rings. The van der Waals surface area contributed by atoms with Gasteiger partial charge in [-0.25, -0.2) is 14.8 Å². The zero-order valence-electron chi connectivity index (χ0n) is 17.2. The van der Waals surface area contributed by atoms with Gasteiger partial charge in [-0.1, -0.05) is 12.1 Å². The fraction of sp³-hybridized carbons (Fsp3) is 0.333. The summed E-state index contributed by atoms with van der Waals surface area (Å²) in [6.45, 7) is 7.81. The summed E-state index contributed by atoms with van der Waals surface area (Å²) in [6, 6.07) is 5.45. The first kappa shape index (κ1) is 21.7. The molecule has 3 rings (SSSR count). The number of hydrogen-bond donors (Lipinski definition) is 4. The summed E-state index contributed by atoms with van der Waals surface area (Å²) in [7, 11) is 0. The van der Waals surface area contributed by atoms with Crippen LogP contribution in [0.3, 0.4) is 0 Å². The van der Waals surface area contributed by atoms with Crippen molar-refractivity contribution in [2.45, 2.75) is 46.4 Å². The zero-order valence-corrected chi connectivity index (χ0v) is 18.0. The highest BCUT2D eigenvalue weighted by Crippen LogP contribution is 2.33. The van der Waals surface area contributed by atoms with Gasteiger partial charge in [-0.05, 0) is 51.0 Å². The maximum atomic E-state index is 12.3. The molecule has 0 aliphatic carbocycles. The number of amides is 1. The molecule has 8 nitrogen and oxygen atoms in total. The molecule has 0 saturated carbocycles. The van der Waals surface area contributed by atoms with Crippen LogP contribution in [0.2, 0.25) is 0 Å². The van der Waals surface area contributed by atoms with Crippen LogP contribution in [0.15, 0.2) is 24.3 Å². The highest BCUT2D eigenvalue weighted by molar-refractivity contribution is 7.18. The molecule has 0 spiro atoms. The third kappa shape index (κ3) is 4.58. The number of benzene rings is 1. The molecule has 158 valence electrons. The number of carboxylic acid groups (broad SMARTS) is 1. The Morgan fingerprint density at radius 1 is 1.13 bits per heavy atom. The Labute approximate surface area is 178 Å². The van der Waals surface area contributed by atoms with Crippen molar-refractivity contribution in [1.29, 1.82) is 0 Å². The number of aliphatic hydroxyl groups is 1. The number of rotatable bonds is 7. The quantitative estimate of drug-likeness (QED) is 0.456. The summed E-state index contributed by atoms with van der Waals surface area (Å²) >= 11 is 1.65. The first-order chi connectivity index (χ1) is 14.2. The second-order valence-electron chi connectivity index (χ2n) is 7.16. The van der Waals surface area contributed by atoms with Crippen molar-refractivity contribution in [1.82, 2.24) is 15.3 Å². The highest BCUT2D eigenvalue weighted by Gasteiger charge is 2.25. The minimum absolute atomic E-state index is 0.315. The zero-order chi connectivity index (χ0) is 22.0. The van der Waals surface area contributed by atoms with Gasteiger partial charge in [-0.2, -0.15) is 0 Å². The van der Waals surface area contributed by atoms with E-state index in [1.807, 2.05) is 6.92 Å². The van der Waals surface area contributed by atoms with E-state index >= 15 is 0 Å².